The summed E-state index contributed by atoms with van der Waals surface area (Å²) < 4.78 is 6.50. The van der Waals surface area contributed by atoms with Crippen molar-refractivity contribution in [2.45, 2.75) is 13.8 Å². The third kappa shape index (κ3) is 2.47. The smallest absolute Gasteiger partial charge is 0.319 e. The second-order valence-electron chi connectivity index (χ2n) is 4.96. The fraction of sp³-hybridized carbons (Fsp3) is 0.267. The van der Waals surface area contributed by atoms with Gasteiger partial charge in [-0.2, -0.15) is 0 Å². The van der Waals surface area contributed by atoms with E-state index in [0.717, 1.165) is 5.69 Å². The van der Waals surface area contributed by atoms with Crippen LogP contribution < -0.4 is 0 Å². The minimum absolute atomic E-state index is 0.262. The molecular weight excluding hydrogens is 256 g/mol. The van der Waals surface area contributed by atoms with Crippen LogP contribution in [0.25, 0.3) is 5.69 Å². The molecule has 0 amide bonds. The summed E-state index contributed by atoms with van der Waals surface area (Å²) in [4.78, 5) is 28.0. The minimum Gasteiger partial charge on any atom is -0.468 e. The molecule has 0 spiro atoms. The van der Waals surface area contributed by atoms with Crippen molar-refractivity contribution in [3.05, 3.63) is 48.5 Å². The summed E-state index contributed by atoms with van der Waals surface area (Å²) >= 11 is 0. The summed E-state index contributed by atoms with van der Waals surface area (Å²) in [5, 5.41) is 0. The van der Waals surface area contributed by atoms with Crippen molar-refractivity contribution in [1.82, 2.24) is 9.55 Å². The van der Waals surface area contributed by atoms with Crippen molar-refractivity contribution in [3.63, 3.8) is 0 Å². The molecule has 0 aliphatic carbocycles. The van der Waals surface area contributed by atoms with Gasteiger partial charge in [-0.3, -0.25) is 9.59 Å². The average molecular weight is 272 g/mol. The summed E-state index contributed by atoms with van der Waals surface area (Å²) in [5.41, 5.74) is 0.185. The topological polar surface area (TPSA) is 61.2 Å². The Balaban J connectivity index is 2.26. The minimum atomic E-state index is -1.19. The number of imidazole rings is 1. The number of aromatic nitrogens is 2. The van der Waals surface area contributed by atoms with Gasteiger partial charge in [0.1, 0.15) is 5.41 Å². The molecule has 5 heteroatoms. The average Bonchev–Trinajstić information content (AvgIpc) is 2.99. The summed E-state index contributed by atoms with van der Waals surface area (Å²) in [6, 6.07) is 7.01. The molecule has 0 saturated heterocycles. The van der Waals surface area contributed by atoms with Gasteiger partial charge in [-0.25, -0.2) is 4.98 Å². The Bertz CT molecular complexity index is 613. The molecule has 5 nitrogen and oxygen atoms in total. The van der Waals surface area contributed by atoms with Gasteiger partial charge in [0.15, 0.2) is 5.78 Å². The van der Waals surface area contributed by atoms with Crippen LogP contribution in [0.5, 0.6) is 0 Å². The maximum Gasteiger partial charge on any atom is 0.319 e. The highest BCUT2D eigenvalue weighted by molar-refractivity contribution is 6.11. The van der Waals surface area contributed by atoms with E-state index >= 15 is 0 Å². The molecule has 2 rings (SSSR count). The summed E-state index contributed by atoms with van der Waals surface area (Å²) in [6.45, 7) is 3.12. The van der Waals surface area contributed by atoms with Gasteiger partial charge in [0.05, 0.1) is 13.4 Å². The van der Waals surface area contributed by atoms with E-state index in [0.29, 0.717) is 5.56 Å². The molecule has 0 atom stereocenters. The molecule has 104 valence electrons. The van der Waals surface area contributed by atoms with Crippen LogP contribution in [0.3, 0.4) is 0 Å². The van der Waals surface area contributed by atoms with E-state index in [4.69, 9.17) is 0 Å². The van der Waals surface area contributed by atoms with Crippen molar-refractivity contribution >= 4 is 11.8 Å². The lowest BCUT2D eigenvalue weighted by Gasteiger charge is -2.20. The molecule has 2 aromatic rings. The monoisotopic (exact) mass is 272 g/mol. The summed E-state index contributed by atoms with van der Waals surface area (Å²) in [6.07, 6.45) is 5.17. The van der Waals surface area contributed by atoms with E-state index in [2.05, 4.69) is 9.72 Å². The maximum absolute atomic E-state index is 12.3. The normalized spacial score (nSPS) is 11.2. The Morgan fingerprint density at radius 1 is 1.20 bits per heavy atom. The fourth-order valence-corrected chi connectivity index (χ4v) is 1.91. The molecule has 0 saturated carbocycles. The lowest BCUT2D eigenvalue weighted by molar-refractivity contribution is -0.147. The fourth-order valence-electron chi connectivity index (χ4n) is 1.91. The van der Waals surface area contributed by atoms with Gasteiger partial charge in [-0.1, -0.05) is 0 Å². The van der Waals surface area contributed by atoms with Crippen molar-refractivity contribution in [2.24, 2.45) is 5.41 Å². The molecular formula is C15H16N2O3. The first-order valence-electron chi connectivity index (χ1n) is 6.18. The molecule has 0 aliphatic heterocycles. The molecule has 0 unspecified atom stereocenters. The summed E-state index contributed by atoms with van der Waals surface area (Å²) in [7, 11) is 1.28. The predicted molar refractivity (Wildman–Crippen MR) is 73.7 cm³/mol. The van der Waals surface area contributed by atoms with Gasteiger partial charge in [0, 0.05) is 23.6 Å². The van der Waals surface area contributed by atoms with Crippen LogP contribution in [-0.2, 0) is 9.53 Å². The third-order valence-electron chi connectivity index (χ3n) is 3.20. The van der Waals surface area contributed by atoms with Crippen LogP contribution >= 0.6 is 0 Å². The molecule has 1 heterocycles. The SMILES string of the molecule is COC(=O)C(C)(C)C(=O)c1ccc(-n2ccnc2)cc1. The quantitative estimate of drug-likeness (QED) is 0.486. The number of ether oxygens (including phenoxy) is 1. The predicted octanol–water partition coefficient (Wildman–Crippen LogP) is 2.25. The number of methoxy groups -OCH3 is 1. The zero-order valence-electron chi connectivity index (χ0n) is 11.7. The molecule has 0 bridgehead atoms. The maximum atomic E-state index is 12.3. The zero-order chi connectivity index (χ0) is 14.8. The summed E-state index contributed by atoms with van der Waals surface area (Å²) in [5.74, 6) is -0.803. The first-order chi connectivity index (χ1) is 9.46. The van der Waals surface area contributed by atoms with Gasteiger partial charge in [0.2, 0.25) is 0 Å². The van der Waals surface area contributed by atoms with E-state index < -0.39 is 11.4 Å². The molecule has 0 fully saturated rings. The van der Waals surface area contributed by atoms with Crippen molar-refractivity contribution in [3.8, 4) is 5.69 Å². The standard InChI is InChI=1S/C15H16N2O3/c1-15(2,14(19)20-3)13(18)11-4-6-12(7-5-11)17-9-8-16-10-17/h4-10H,1-3H3. The van der Waals surface area contributed by atoms with E-state index in [1.54, 1.807) is 38.5 Å². The van der Waals surface area contributed by atoms with E-state index in [1.165, 1.54) is 7.11 Å². The first kappa shape index (κ1) is 14.0. The molecule has 0 aliphatic rings. The number of benzene rings is 1. The van der Waals surface area contributed by atoms with E-state index in [9.17, 15) is 9.59 Å². The van der Waals surface area contributed by atoms with Crippen LogP contribution in [0, 0.1) is 5.41 Å². The van der Waals surface area contributed by atoms with Gasteiger partial charge in [0.25, 0.3) is 0 Å². The Morgan fingerprint density at radius 3 is 2.35 bits per heavy atom. The lowest BCUT2D eigenvalue weighted by atomic mass is 9.84. The highest BCUT2D eigenvalue weighted by atomic mass is 16.5. The second-order valence-corrected chi connectivity index (χ2v) is 4.96. The first-order valence-corrected chi connectivity index (χ1v) is 6.18. The lowest BCUT2D eigenvalue weighted by Crippen LogP contribution is -2.34. The Hall–Kier alpha value is -2.43. The molecule has 1 aromatic heterocycles. The van der Waals surface area contributed by atoms with Gasteiger partial charge in [-0.05, 0) is 38.1 Å². The zero-order valence-corrected chi connectivity index (χ0v) is 11.7. The molecule has 1 aromatic carbocycles. The Morgan fingerprint density at radius 2 is 1.85 bits per heavy atom. The number of rotatable bonds is 4. The largest absolute Gasteiger partial charge is 0.468 e. The van der Waals surface area contributed by atoms with Crippen LogP contribution in [0.1, 0.15) is 24.2 Å². The second kappa shape index (κ2) is 5.28. The number of ketones is 1. The van der Waals surface area contributed by atoms with Crippen LogP contribution in [0.2, 0.25) is 0 Å². The van der Waals surface area contributed by atoms with Crippen LogP contribution in [0.4, 0.5) is 0 Å². The van der Waals surface area contributed by atoms with Gasteiger partial charge >= 0.3 is 5.97 Å². The number of carbonyl (C=O) groups is 2. The Kier molecular flexibility index (Phi) is 3.70. The number of esters is 1. The number of nitrogens with zero attached hydrogens (tertiary/aromatic N) is 2. The van der Waals surface area contributed by atoms with Gasteiger partial charge < -0.3 is 9.30 Å². The van der Waals surface area contributed by atoms with Crippen molar-refractivity contribution < 1.29 is 14.3 Å². The van der Waals surface area contributed by atoms with Crippen LogP contribution in [0.15, 0.2) is 43.0 Å². The number of carbonyl (C=O) groups excluding carboxylic acids is 2. The molecule has 0 radical (unpaired) electrons. The van der Waals surface area contributed by atoms with E-state index in [1.807, 2.05) is 22.9 Å². The highest BCUT2D eigenvalue weighted by Gasteiger charge is 2.37. The van der Waals surface area contributed by atoms with E-state index in [-0.39, 0.29) is 5.78 Å². The number of hydrogen-bond acceptors (Lipinski definition) is 4. The molecule has 20 heavy (non-hydrogen) atoms. The number of hydrogen-bond donors (Lipinski definition) is 0. The van der Waals surface area contributed by atoms with Crippen LogP contribution in [-0.4, -0.2) is 28.4 Å². The van der Waals surface area contributed by atoms with Gasteiger partial charge in [-0.15, -0.1) is 0 Å². The number of Topliss-reactive ketones (excluding diaryl/α,β-unsaturated/α-hetero) is 1. The Labute approximate surface area is 117 Å². The van der Waals surface area contributed by atoms with Crippen molar-refractivity contribution in [2.75, 3.05) is 7.11 Å². The van der Waals surface area contributed by atoms with Crippen molar-refractivity contribution in [1.29, 1.82) is 0 Å². The molecule has 0 N–H and O–H groups in total. The third-order valence-corrected chi connectivity index (χ3v) is 3.20. The highest BCUT2D eigenvalue weighted by Crippen LogP contribution is 2.24.